The van der Waals surface area contributed by atoms with E-state index in [1.165, 1.54) is 0 Å². The van der Waals surface area contributed by atoms with Gasteiger partial charge in [0.25, 0.3) is 0 Å². The summed E-state index contributed by atoms with van der Waals surface area (Å²) in [5, 5.41) is 7.08. The third-order valence-corrected chi connectivity index (χ3v) is 2.57. The lowest BCUT2D eigenvalue weighted by atomic mass is 10.3. The highest BCUT2D eigenvalue weighted by Gasteiger charge is 2.05. The predicted octanol–water partition coefficient (Wildman–Crippen LogP) is 2.59. The van der Waals surface area contributed by atoms with Crippen LogP contribution >= 0.6 is 23.8 Å². The van der Waals surface area contributed by atoms with E-state index < -0.39 is 0 Å². The summed E-state index contributed by atoms with van der Waals surface area (Å²) in [7, 11) is 1.60. The number of benzene rings is 1. The lowest BCUT2D eigenvalue weighted by molar-refractivity contribution is 0.414. The van der Waals surface area contributed by atoms with Crippen molar-refractivity contribution in [2.24, 2.45) is 0 Å². The second-order valence-corrected chi connectivity index (χ2v) is 3.64. The Morgan fingerprint density at radius 1 is 1.53 bits per heavy atom. The average molecular weight is 242 g/mol. The van der Waals surface area contributed by atoms with E-state index in [4.69, 9.17) is 28.6 Å². The lowest BCUT2D eigenvalue weighted by Gasteiger charge is -2.06. The summed E-state index contributed by atoms with van der Waals surface area (Å²) in [5.74, 6) is 0.720. The molecular formula is C9H8ClN3OS. The number of hydrogen-bond donors (Lipinski definition) is 1. The highest BCUT2D eigenvalue weighted by Crippen LogP contribution is 2.25. The molecular weight excluding hydrogens is 234 g/mol. The molecule has 0 amide bonds. The number of hydrogen-bond acceptors (Lipinski definition) is 3. The number of H-pyrrole nitrogens is 1. The minimum absolute atomic E-state index is 0.491. The predicted molar refractivity (Wildman–Crippen MR) is 60.3 cm³/mol. The van der Waals surface area contributed by atoms with Gasteiger partial charge >= 0.3 is 0 Å². The maximum Gasteiger partial charge on any atom is 0.199 e. The van der Waals surface area contributed by atoms with E-state index >= 15 is 0 Å². The first-order valence-electron chi connectivity index (χ1n) is 4.18. The maximum absolute atomic E-state index is 6.05. The van der Waals surface area contributed by atoms with Gasteiger partial charge < -0.3 is 4.74 Å². The van der Waals surface area contributed by atoms with E-state index in [1.807, 2.05) is 0 Å². The van der Waals surface area contributed by atoms with Gasteiger partial charge in [-0.1, -0.05) is 11.6 Å². The number of nitrogens with zero attached hydrogens (tertiary/aromatic N) is 2. The van der Waals surface area contributed by atoms with E-state index in [1.54, 1.807) is 36.2 Å². The summed E-state index contributed by atoms with van der Waals surface area (Å²) < 4.78 is 7.28. The zero-order valence-electron chi connectivity index (χ0n) is 7.90. The summed E-state index contributed by atoms with van der Waals surface area (Å²) in [6, 6.07) is 5.34. The van der Waals surface area contributed by atoms with E-state index in [2.05, 4.69) is 10.2 Å². The van der Waals surface area contributed by atoms with Crippen LogP contribution in [-0.4, -0.2) is 21.9 Å². The Balaban J connectivity index is 2.62. The molecule has 2 rings (SSSR count). The summed E-state index contributed by atoms with van der Waals surface area (Å²) in [6.45, 7) is 0. The van der Waals surface area contributed by atoms with E-state index in [0.29, 0.717) is 9.79 Å². The molecule has 0 atom stereocenters. The third-order valence-electron chi connectivity index (χ3n) is 1.97. The zero-order chi connectivity index (χ0) is 10.8. The molecule has 0 radical (unpaired) electrons. The summed E-state index contributed by atoms with van der Waals surface area (Å²) in [5.41, 5.74) is 0.745. The van der Waals surface area contributed by atoms with E-state index in [9.17, 15) is 0 Å². The van der Waals surface area contributed by atoms with Crippen LogP contribution < -0.4 is 4.74 Å². The van der Waals surface area contributed by atoms with Gasteiger partial charge in [-0.15, -0.1) is 0 Å². The van der Waals surface area contributed by atoms with Crippen LogP contribution in [0.1, 0.15) is 0 Å². The Morgan fingerprint density at radius 3 is 2.93 bits per heavy atom. The molecule has 2 aromatic rings. The molecule has 0 aliphatic carbocycles. The van der Waals surface area contributed by atoms with Crippen molar-refractivity contribution in [2.45, 2.75) is 0 Å². The Morgan fingerprint density at radius 2 is 2.33 bits per heavy atom. The van der Waals surface area contributed by atoms with Gasteiger partial charge in [0.2, 0.25) is 0 Å². The van der Waals surface area contributed by atoms with Gasteiger partial charge in [0.1, 0.15) is 12.1 Å². The standard InChI is InChI=1S/C9H8ClN3OS/c1-14-6-2-3-7(10)8(4-6)13-5-11-12-9(13)15/h2-5H,1H3,(H,12,15). The van der Waals surface area contributed by atoms with Crippen LogP contribution in [0.25, 0.3) is 5.69 Å². The average Bonchev–Trinajstić information content (AvgIpc) is 2.65. The quantitative estimate of drug-likeness (QED) is 0.822. The van der Waals surface area contributed by atoms with Gasteiger partial charge in [-0.25, -0.2) is 0 Å². The number of methoxy groups -OCH3 is 1. The first-order chi connectivity index (χ1) is 7.22. The summed E-state index contributed by atoms with van der Waals surface area (Å²) >= 11 is 11.1. The van der Waals surface area contributed by atoms with Crippen molar-refractivity contribution < 1.29 is 4.74 Å². The number of rotatable bonds is 2. The van der Waals surface area contributed by atoms with Crippen LogP contribution in [0.4, 0.5) is 0 Å². The second-order valence-electron chi connectivity index (χ2n) is 2.85. The van der Waals surface area contributed by atoms with Crippen molar-refractivity contribution in [1.82, 2.24) is 14.8 Å². The largest absolute Gasteiger partial charge is 0.497 e. The van der Waals surface area contributed by atoms with Crippen LogP contribution in [0.15, 0.2) is 24.5 Å². The van der Waals surface area contributed by atoms with E-state index in [-0.39, 0.29) is 0 Å². The highest BCUT2D eigenvalue weighted by molar-refractivity contribution is 7.71. The first kappa shape index (κ1) is 10.2. The molecule has 0 aliphatic rings. The van der Waals surface area contributed by atoms with Crippen molar-refractivity contribution in [1.29, 1.82) is 0 Å². The zero-order valence-corrected chi connectivity index (χ0v) is 9.47. The fraction of sp³-hybridized carbons (Fsp3) is 0.111. The lowest BCUT2D eigenvalue weighted by Crippen LogP contribution is -1.94. The van der Waals surface area contributed by atoms with Gasteiger partial charge in [0.15, 0.2) is 4.77 Å². The van der Waals surface area contributed by atoms with Crippen LogP contribution in [0, 0.1) is 4.77 Å². The van der Waals surface area contributed by atoms with Crippen molar-refractivity contribution in [3.63, 3.8) is 0 Å². The van der Waals surface area contributed by atoms with Gasteiger partial charge in [0, 0.05) is 6.07 Å². The number of halogens is 1. The Bertz CT molecular complexity index is 534. The third kappa shape index (κ3) is 1.88. The fourth-order valence-electron chi connectivity index (χ4n) is 1.22. The van der Waals surface area contributed by atoms with Gasteiger partial charge in [-0.05, 0) is 24.4 Å². The first-order valence-corrected chi connectivity index (χ1v) is 4.97. The molecule has 1 aromatic heterocycles. The van der Waals surface area contributed by atoms with Crippen LogP contribution in [0.3, 0.4) is 0 Å². The molecule has 0 saturated carbocycles. The smallest absolute Gasteiger partial charge is 0.199 e. The minimum Gasteiger partial charge on any atom is -0.497 e. The van der Waals surface area contributed by atoms with Crippen LogP contribution in [0.5, 0.6) is 5.75 Å². The Hall–Kier alpha value is -1.33. The Kier molecular flexibility index (Phi) is 2.75. The molecule has 0 fully saturated rings. The summed E-state index contributed by atoms with van der Waals surface area (Å²) in [6.07, 6.45) is 1.57. The normalized spacial score (nSPS) is 10.3. The Labute approximate surface area is 96.5 Å². The van der Waals surface area contributed by atoms with Gasteiger partial charge in [-0.3, -0.25) is 9.67 Å². The second kappa shape index (κ2) is 4.04. The molecule has 0 bridgehead atoms. The molecule has 0 aliphatic heterocycles. The fourth-order valence-corrected chi connectivity index (χ4v) is 1.63. The van der Waals surface area contributed by atoms with Crippen LogP contribution in [0.2, 0.25) is 5.02 Å². The van der Waals surface area contributed by atoms with Gasteiger partial charge in [0.05, 0.1) is 17.8 Å². The number of aromatic nitrogens is 3. The molecule has 0 saturated heterocycles. The van der Waals surface area contributed by atoms with Crippen molar-refractivity contribution >= 4 is 23.8 Å². The molecule has 4 nitrogen and oxygen atoms in total. The molecule has 1 aromatic carbocycles. The molecule has 6 heteroatoms. The number of ether oxygens (including phenoxy) is 1. The highest BCUT2D eigenvalue weighted by atomic mass is 35.5. The van der Waals surface area contributed by atoms with Crippen molar-refractivity contribution in [2.75, 3.05) is 7.11 Å². The van der Waals surface area contributed by atoms with Gasteiger partial charge in [-0.2, -0.15) is 5.10 Å². The maximum atomic E-state index is 6.05. The monoisotopic (exact) mass is 241 g/mol. The molecule has 1 N–H and O–H groups in total. The SMILES string of the molecule is COc1ccc(Cl)c(-n2cn[nH]c2=S)c1. The van der Waals surface area contributed by atoms with Crippen molar-refractivity contribution in [3.05, 3.63) is 34.3 Å². The molecule has 0 spiro atoms. The molecule has 15 heavy (non-hydrogen) atoms. The number of aromatic amines is 1. The topological polar surface area (TPSA) is 42.8 Å². The summed E-state index contributed by atoms with van der Waals surface area (Å²) in [4.78, 5) is 0. The molecule has 78 valence electrons. The molecule has 1 heterocycles. The van der Waals surface area contributed by atoms with E-state index in [0.717, 1.165) is 11.4 Å². The molecule has 0 unspecified atom stereocenters. The van der Waals surface area contributed by atoms with Crippen LogP contribution in [-0.2, 0) is 0 Å². The van der Waals surface area contributed by atoms with Crippen molar-refractivity contribution in [3.8, 4) is 11.4 Å². The number of nitrogens with one attached hydrogen (secondary N) is 1. The minimum atomic E-state index is 0.491.